The van der Waals surface area contributed by atoms with Gasteiger partial charge in [-0.05, 0) is 61.7 Å². The maximum Gasteiger partial charge on any atom is 0.241 e. The molecule has 0 unspecified atom stereocenters. The van der Waals surface area contributed by atoms with E-state index >= 15 is 0 Å². The number of amides is 1. The van der Waals surface area contributed by atoms with Crippen LogP contribution in [0.25, 0.3) is 11.1 Å². The fourth-order valence-electron chi connectivity index (χ4n) is 3.91. The van der Waals surface area contributed by atoms with Crippen LogP contribution in [0.2, 0.25) is 0 Å². The minimum absolute atomic E-state index is 0.00982. The predicted octanol–water partition coefficient (Wildman–Crippen LogP) is 4.31. The molecule has 2 heterocycles. The Labute approximate surface area is 170 Å². The van der Waals surface area contributed by atoms with Gasteiger partial charge >= 0.3 is 0 Å². The average molecular weight is 392 g/mol. The summed E-state index contributed by atoms with van der Waals surface area (Å²) < 4.78 is 15.5. The zero-order valence-electron chi connectivity index (χ0n) is 16.5. The van der Waals surface area contributed by atoms with Crippen LogP contribution in [0.4, 0.5) is 10.1 Å². The Balaban J connectivity index is 1.41. The SMILES string of the molecule is CCn1ccnc1CN1CCC[C@@H]1C(=O)Nc1ccc(-c2cccc(F)c2)cc1. The second kappa shape index (κ2) is 8.57. The molecule has 1 saturated heterocycles. The molecule has 0 radical (unpaired) electrons. The van der Waals surface area contributed by atoms with Gasteiger partial charge in [-0.15, -0.1) is 0 Å². The molecular weight excluding hydrogens is 367 g/mol. The Morgan fingerprint density at radius 2 is 2.03 bits per heavy atom. The van der Waals surface area contributed by atoms with E-state index in [-0.39, 0.29) is 17.8 Å². The van der Waals surface area contributed by atoms with Gasteiger partial charge in [0.2, 0.25) is 5.91 Å². The van der Waals surface area contributed by atoms with E-state index < -0.39 is 0 Å². The number of hydrogen-bond donors (Lipinski definition) is 1. The summed E-state index contributed by atoms with van der Waals surface area (Å²) in [5, 5.41) is 3.03. The molecule has 3 aromatic rings. The van der Waals surface area contributed by atoms with E-state index in [9.17, 15) is 9.18 Å². The summed E-state index contributed by atoms with van der Waals surface area (Å²) in [4.78, 5) is 19.5. The molecule has 1 aliphatic heterocycles. The van der Waals surface area contributed by atoms with Gasteiger partial charge in [-0.2, -0.15) is 0 Å². The third-order valence-corrected chi connectivity index (χ3v) is 5.46. The van der Waals surface area contributed by atoms with Crippen LogP contribution in [0.5, 0.6) is 0 Å². The maximum atomic E-state index is 13.4. The Hall–Kier alpha value is -2.99. The highest BCUT2D eigenvalue weighted by Crippen LogP contribution is 2.24. The lowest BCUT2D eigenvalue weighted by Crippen LogP contribution is -2.39. The summed E-state index contributed by atoms with van der Waals surface area (Å²) in [5.74, 6) is 0.743. The van der Waals surface area contributed by atoms with Crippen molar-refractivity contribution in [3.8, 4) is 11.1 Å². The zero-order valence-corrected chi connectivity index (χ0v) is 16.5. The van der Waals surface area contributed by atoms with Gasteiger partial charge in [0.05, 0.1) is 12.6 Å². The fraction of sp³-hybridized carbons (Fsp3) is 0.304. The van der Waals surface area contributed by atoms with Crippen LogP contribution in [-0.2, 0) is 17.9 Å². The summed E-state index contributed by atoms with van der Waals surface area (Å²) in [7, 11) is 0. The highest BCUT2D eigenvalue weighted by molar-refractivity contribution is 5.95. The van der Waals surface area contributed by atoms with E-state index in [1.807, 2.05) is 42.7 Å². The molecule has 1 fully saturated rings. The Morgan fingerprint density at radius 3 is 2.79 bits per heavy atom. The normalized spacial score (nSPS) is 16.8. The van der Waals surface area contributed by atoms with Crippen LogP contribution in [0.15, 0.2) is 60.9 Å². The number of hydrogen-bond acceptors (Lipinski definition) is 3. The average Bonchev–Trinajstić information content (AvgIpc) is 3.38. The molecule has 0 spiro atoms. The van der Waals surface area contributed by atoms with E-state index in [0.29, 0.717) is 6.54 Å². The lowest BCUT2D eigenvalue weighted by Gasteiger charge is -2.23. The topological polar surface area (TPSA) is 50.2 Å². The van der Waals surface area contributed by atoms with Gasteiger partial charge in [0.15, 0.2) is 0 Å². The van der Waals surface area contributed by atoms with Gasteiger partial charge in [0.25, 0.3) is 0 Å². The van der Waals surface area contributed by atoms with Gasteiger partial charge in [-0.1, -0.05) is 24.3 Å². The first kappa shape index (κ1) is 19.3. The number of carbonyl (C=O) groups excluding carboxylic acids is 1. The number of anilines is 1. The van der Waals surface area contributed by atoms with Crippen molar-refractivity contribution in [1.82, 2.24) is 14.5 Å². The molecule has 1 atom stereocenters. The van der Waals surface area contributed by atoms with E-state index in [1.165, 1.54) is 12.1 Å². The summed E-state index contributed by atoms with van der Waals surface area (Å²) in [6.07, 6.45) is 5.63. The predicted molar refractivity (Wildman–Crippen MR) is 112 cm³/mol. The van der Waals surface area contributed by atoms with Crippen LogP contribution >= 0.6 is 0 Å². The van der Waals surface area contributed by atoms with Crippen LogP contribution in [0.3, 0.4) is 0 Å². The first-order chi connectivity index (χ1) is 14.1. The molecule has 1 aromatic heterocycles. The summed E-state index contributed by atoms with van der Waals surface area (Å²) in [6.45, 7) is 4.54. The van der Waals surface area contributed by atoms with Crippen LogP contribution in [-0.4, -0.2) is 32.9 Å². The lowest BCUT2D eigenvalue weighted by molar-refractivity contribution is -0.120. The number of nitrogens with one attached hydrogen (secondary N) is 1. The smallest absolute Gasteiger partial charge is 0.241 e. The first-order valence-electron chi connectivity index (χ1n) is 10.0. The molecule has 0 aliphatic carbocycles. The van der Waals surface area contributed by atoms with Crippen molar-refractivity contribution in [2.45, 2.75) is 38.9 Å². The van der Waals surface area contributed by atoms with Crippen molar-refractivity contribution in [3.05, 3.63) is 72.6 Å². The number of aryl methyl sites for hydroxylation is 1. The summed E-state index contributed by atoms with van der Waals surface area (Å²) in [5.41, 5.74) is 2.48. The molecule has 4 rings (SSSR count). The number of nitrogens with zero attached hydrogens (tertiary/aromatic N) is 3. The van der Waals surface area contributed by atoms with Crippen molar-refractivity contribution < 1.29 is 9.18 Å². The largest absolute Gasteiger partial charge is 0.334 e. The third kappa shape index (κ3) is 4.38. The van der Waals surface area contributed by atoms with E-state index in [1.54, 1.807) is 6.07 Å². The highest BCUT2D eigenvalue weighted by Gasteiger charge is 2.31. The number of benzene rings is 2. The number of rotatable bonds is 6. The van der Waals surface area contributed by atoms with Gasteiger partial charge in [0, 0.05) is 24.6 Å². The Bertz CT molecular complexity index is 983. The standard InChI is InChI=1S/C23H25FN4O/c1-2-27-14-12-25-22(27)16-28-13-4-7-21(28)23(29)26-20-10-8-17(9-11-20)18-5-3-6-19(24)15-18/h3,5-6,8-12,14-15,21H,2,4,7,13,16H2,1H3,(H,26,29)/t21-/m1/s1. The Kier molecular flexibility index (Phi) is 5.71. The molecule has 150 valence electrons. The van der Waals surface area contributed by atoms with Crippen molar-refractivity contribution in [1.29, 1.82) is 0 Å². The molecule has 0 bridgehead atoms. The minimum atomic E-state index is -0.259. The van der Waals surface area contributed by atoms with E-state index in [4.69, 9.17) is 0 Å². The van der Waals surface area contributed by atoms with Crippen molar-refractivity contribution >= 4 is 11.6 Å². The first-order valence-corrected chi connectivity index (χ1v) is 10.0. The number of aromatic nitrogens is 2. The Morgan fingerprint density at radius 1 is 1.21 bits per heavy atom. The maximum absolute atomic E-state index is 13.4. The van der Waals surface area contributed by atoms with Crippen molar-refractivity contribution in [2.24, 2.45) is 0 Å². The van der Waals surface area contributed by atoms with Gasteiger partial charge in [-0.25, -0.2) is 9.37 Å². The van der Waals surface area contributed by atoms with Crippen molar-refractivity contribution in [3.63, 3.8) is 0 Å². The zero-order chi connectivity index (χ0) is 20.2. The molecule has 1 N–H and O–H groups in total. The number of imidazole rings is 1. The quantitative estimate of drug-likeness (QED) is 0.680. The molecule has 2 aromatic carbocycles. The van der Waals surface area contributed by atoms with Crippen LogP contribution < -0.4 is 5.32 Å². The van der Waals surface area contributed by atoms with E-state index in [0.717, 1.165) is 48.6 Å². The summed E-state index contributed by atoms with van der Waals surface area (Å²) >= 11 is 0. The fourth-order valence-corrected chi connectivity index (χ4v) is 3.91. The number of likely N-dealkylation sites (tertiary alicyclic amines) is 1. The van der Waals surface area contributed by atoms with Gasteiger partial charge in [-0.3, -0.25) is 9.69 Å². The molecule has 5 nitrogen and oxygen atoms in total. The molecule has 29 heavy (non-hydrogen) atoms. The molecule has 1 amide bonds. The molecule has 0 saturated carbocycles. The number of carbonyl (C=O) groups is 1. The minimum Gasteiger partial charge on any atom is -0.334 e. The molecule has 6 heteroatoms. The van der Waals surface area contributed by atoms with Gasteiger partial charge in [0.1, 0.15) is 11.6 Å². The molecular formula is C23H25FN4O. The van der Waals surface area contributed by atoms with Crippen molar-refractivity contribution in [2.75, 3.05) is 11.9 Å². The second-order valence-electron chi connectivity index (χ2n) is 7.33. The third-order valence-electron chi connectivity index (χ3n) is 5.46. The van der Waals surface area contributed by atoms with E-state index in [2.05, 4.69) is 26.7 Å². The van der Waals surface area contributed by atoms with Crippen LogP contribution in [0, 0.1) is 5.82 Å². The highest BCUT2D eigenvalue weighted by atomic mass is 19.1. The second-order valence-corrected chi connectivity index (χ2v) is 7.33. The lowest BCUT2D eigenvalue weighted by atomic mass is 10.1. The van der Waals surface area contributed by atoms with Crippen LogP contribution in [0.1, 0.15) is 25.6 Å². The molecule has 1 aliphatic rings. The van der Waals surface area contributed by atoms with Gasteiger partial charge < -0.3 is 9.88 Å². The monoisotopic (exact) mass is 392 g/mol. The summed E-state index contributed by atoms with van der Waals surface area (Å²) in [6, 6.07) is 13.9. The number of halogens is 1.